The van der Waals surface area contributed by atoms with E-state index in [1.165, 1.54) is 11.1 Å². The number of amides is 1. The summed E-state index contributed by atoms with van der Waals surface area (Å²) in [5, 5.41) is 3.29. The van der Waals surface area contributed by atoms with E-state index in [-0.39, 0.29) is 5.91 Å². The van der Waals surface area contributed by atoms with Crippen molar-refractivity contribution in [2.24, 2.45) is 0 Å². The van der Waals surface area contributed by atoms with Crippen LogP contribution in [0.3, 0.4) is 0 Å². The number of nitrogens with one attached hydrogen (secondary N) is 1. The Bertz CT molecular complexity index is 753. The van der Waals surface area contributed by atoms with Gasteiger partial charge < -0.3 is 10.1 Å². The Morgan fingerprint density at radius 1 is 1.09 bits per heavy atom. The molecule has 1 heterocycles. The third-order valence-electron chi connectivity index (χ3n) is 4.98. The third-order valence-corrected chi connectivity index (χ3v) is 4.98. The zero-order chi connectivity index (χ0) is 15.2. The van der Waals surface area contributed by atoms with E-state index in [2.05, 4.69) is 29.6 Å². The van der Waals surface area contributed by atoms with E-state index in [4.69, 9.17) is 4.74 Å². The summed E-state index contributed by atoms with van der Waals surface area (Å²) in [6.07, 6.45) is 4.28. The van der Waals surface area contributed by atoms with Gasteiger partial charge in [0.2, 0.25) is 0 Å². The van der Waals surface area contributed by atoms with Gasteiger partial charge in [0.25, 0.3) is 5.91 Å². The van der Waals surface area contributed by atoms with Crippen LogP contribution < -0.4 is 10.1 Å². The third kappa shape index (κ3) is 1.78. The highest BCUT2D eigenvalue weighted by atomic mass is 16.5. The van der Waals surface area contributed by atoms with Gasteiger partial charge in [-0.1, -0.05) is 30.7 Å². The van der Waals surface area contributed by atoms with Crippen LogP contribution in [0.25, 0.3) is 0 Å². The summed E-state index contributed by atoms with van der Waals surface area (Å²) in [5.41, 5.74) is 4.03. The molecular weight excluding hydrogens is 274 g/mol. The Morgan fingerprint density at radius 3 is 2.82 bits per heavy atom. The highest BCUT2D eigenvalue weighted by Gasteiger charge is 2.45. The number of methoxy groups -OCH3 is 1. The van der Waals surface area contributed by atoms with Crippen LogP contribution in [0.2, 0.25) is 0 Å². The first-order valence-corrected chi connectivity index (χ1v) is 7.84. The molecule has 0 saturated carbocycles. The van der Waals surface area contributed by atoms with Gasteiger partial charge >= 0.3 is 0 Å². The number of benzene rings is 2. The van der Waals surface area contributed by atoms with E-state index in [1.54, 1.807) is 7.11 Å². The molecule has 1 N–H and O–H groups in total. The van der Waals surface area contributed by atoms with E-state index in [0.29, 0.717) is 0 Å². The first-order valence-electron chi connectivity index (χ1n) is 7.84. The van der Waals surface area contributed by atoms with Crippen LogP contribution >= 0.6 is 0 Å². The highest BCUT2D eigenvalue weighted by Crippen LogP contribution is 2.45. The van der Waals surface area contributed by atoms with Crippen molar-refractivity contribution in [3.05, 3.63) is 64.7 Å². The normalized spacial score (nSPS) is 22.7. The van der Waals surface area contributed by atoms with Crippen molar-refractivity contribution in [1.82, 2.24) is 5.32 Å². The number of carbonyl (C=O) groups excluding carboxylic acids is 1. The summed E-state index contributed by atoms with van der Waals surface area (Å²) in [5.74, 6) is 0.825. The molecule has 1 amide bonds. The fourth-order valence-electron chi connectivity index (χ4n) is 3.93. The molecule has 0 aromatic heterocycles. The van der Waals surface area contributed by atoms with Crippen LogP contribution in [0.15, 0.2) is 42.5 Å². The standard InChI is InChI=1S/C19H19NO2/c1-22-14-9-10-15-17(12-14)19(20-18(15)21)11-5-4-7-13-6-2-3-8-16(13)19/h2-3,6,8-10,12H,4-5,7,11H2,1H3,(H,20,21). The van der Waals surface area contributed by atoms with Gasteiger partial charge in [0.1, 0.15) is 5.75 Å². The Balaban J connectivity index is 1.98. The predicted octanol–water partition coefficient (Wildman–Crippen LogP) is 3.41. The van der Waals surface area contributed by atoms with Gasteiger partial charge in [-0.05, 0) is 54.2 Å². The minimum Gasteiger partial charge on any atom is -0.497 e. The van der Waals surface area contributed by atoms with Crippen molar-refractivity contribution in [1.29, 1.82) is 0 Å². The number of fused-ring (bicyclic) bond motifs is 4. The zero-order valence-electron chi connectivity index (χ0n) is 12.7. The molecule has 1 aliphatic carbocycles. The smallest absolute Gasteiger partial charge is 0.252 e. The van der Waals surface area contributed by atoms with E-state index in [0.717, 1.165) is 42.6 Å². The lowest BCUT2D eigenvalue weighted by molar-refractivity contribution is 0.0938. The minimum absolute atomic E-state index is 0.0226. The van der Waals surface area contributed by atoms with Gasteiger partial charge in [-0.15, -0.1) is 0 Å². The van der Waals surface area contributed by atoms with Crippen LogP contribution in [0.4, 0.5) is 0 Å². The maximum atomic E-state index is 12.5. The Kier molecular flexibility index (Phi) is 2.96. The molecule has 0 fully saturated rings. The minimum atomic E-state index is -0.395. The summed E-state index contributed by atoms with van der Waals surface area (Å²) in [6, 6.07) is 14.3. The number of hydrogen-bond acceptors (Lipinski definition) is 2. The second-order valence-corrected chi connectivity index (χ2v) is 6.14. The first-order chi connectivity index (χ1) is 10.7. The molecule has 3 heteroatoms. The van der Waals surface area contributed by atoms with E-state index >= 15 is 0 Å². The number of carbonyl (C=O) groups is 1. The van der Waals surface area contributed by atoms with Crippen LogP contribution in [-0.4, -0.2) is 13.0 Å². The van der Waals surface area contributed by atoms with E-state index < -0.39 is 5.54 Å². The Hall–Kier alpha value is -2.29. The summed E-state index contributed by atoms with van der Waals surface area (Å²) in [6.45, 7) is 0. The summed E-state index contributed by atoms with van der Waals surface area (Å²) >= 11 is 0. The highest BCUT2D eigenvalue weighted by molar-refractivity contribution is 6.01. The Labute approximate surface area is 130 Å². The van der Waals surface area contributed by atoms with Crippen molar-refractivity contribution < 1.29 is 9.53 Å². The molecule has 1 aliphatic heterocycles. The molecule has 4 rings (SSSR count). The molecule has 2 aromatic rings. The van der Waals surface area contributed by atoms with Crippen molar-refractivity contribution in [2.45, 2.75) is 31.2 Å². The van der Waals surface area contributed by atoms with E-state index in [1.807, 2.05) is 18.2 Å². The predicted molar refractivity (Wildman–Crippen MR) is 85.2 cm³/mol. The lowest BCUT2D eigenvalue weighted by Crippen LogP contribution is -2.40. The van der Waals surface area contributed by atoms with Gasteiger partial charge in [-0.25, -0.2) is 0 Å². The van der Waals surface area contributed by atoms with Crippen molar-refractivity contribution in [3.8, 4) is 5.75 Å². The molecule has 1 unspecified atom stereocenters. The zero-order valence-corrected chi connectivity index (χ0v) is 12.7. The van der Waals surface area contributed by atoms with Crippen molar-refractivity contribution in [3.63, 3.8) is 0 Å². The second-order valence-electron chi connectivity index (χ2n) is 6.14. The van der Waals surface area contributed by atoms with Gasteiger partial charge in [0.05, 0.1) is 12.6 Å². The lowest BCUT2D eigenvalue weighted by Gasteiger charge is -2.31. The van der Waals surface area contributed by atoms with Gasteiger partial charge in [0, 0.05) is 5.56 Å². The van der Waals surface area contributed by atoms with Crippen molar-refractivity contribution in [2.75, 3.05) is 7.11 Å². The largest absolute Gasteiger partial charge is 0.497 e. The quantitative estimate of drug-likeness (QED) is 0.875. The molecule has 0 radical (unpaired) electrons. The molecule has 2 aliphatic rings. The maximum Gasteiger partial charge on any atom is 0.252 e. The van der Waals surface area contributed by atoms with Crippen LogP contribution in [0.1, 0.15) is 46.3 Å². The van der Waals surface area contributed by atoms with Crippen molar-refractivity contribution >= 4 is 5.91 Å². The average molecular weight is 293 g/mol. The van der Waals surface area contributed by atoms with Gasteiger partial charge in [-0.2, -0.15) is 0 Å². The molecule has 0 bridgehead atoms. The van der Waals surface area contributed by atoms with E-state index in [9.17, 15) is 4.79 Å². The summed E-state index contributed by atoms with van der Waals surface area (Å²) in [7, 11) is 1.67. The van der Waals surface area contributed by atoms with Crippen LogP contribution in [0.5, 0.6) is 5.75 Å². The number of rotatable bonds is 1. The molecule has 3 nitrogen and oxygen atoms in total. The SMILES string of the molecule is COc1ccc2c(c1)C1(CCCCc3ccccc31)NC2=O. The maximum absolute atomic E-state index is 12.5. The van der Waals surface area contributed by atoms with Crippen LogP contribution in [0, 0.1) is 0 Å². The number of hydrogen-bond donors (Lipinski definition) is 1. The van der Waals surface area contributed by atoms with Crippen LogP contribution in [-0.2, 0) is 12.0 Å². The average Bonchev–Trinajstić information content (AvgIpc) is 2.72. The van der Waals surface area contributed by atoms with Gasteiger partial charge in [-0.3, -0.25) is 4.79 Å². The Morgan fingerprint density at radius 2 is 1.95 bits per heavy atom. The number of ether oxygens (including phenoxy) is 1. The fourth-order valence-corrected chi connectivity index (χ4v) is 3.93. The molecule has 22 heavy (non-hydrogen) atoms. The molecular formula is C19H19NO2. The monoisotopic (exact) mass is 293 g/mol. The molecule has 1 atom stereocenters. The molecule has 1 spiro atoms. The lowest BCUT2D eigenvalue weighted by atomic mass is 9.79. The second kappa shape index (κ2) is 4.87. The first kappa shape index (κ1) is 13.4. The topological polar surface area (TPSA) is 38.3 Å². The molecule has 112 valence electrons. The number of aryl methyl sites for hydroxylation is 1. The molecule has 0 saturated heterocycles. The summed E-state index contributed by atoms with van der Waals surface area (Å²) in [4.78, 5) is 12.5. The fraction of sp³-hybridized carbons (Fsp3) is 0.316. The summed E-state index contributed by atoms with van der Waals surface area (Å²) < 4.78 is 5.39. The van der Waals surface area contributed by atoms with Gasteiger partial charge in [0.15, 0.2) is 0 Å². The molecule has 2 aromatic carbocycles.